The highest BCUT2D eigenvalue weighted by Gasteiger charge is 2.12. The van der Waals surface area contributed by atoms with E-state index in [4.69, 9.17) is 0 Å². The smallest absolute Gasteiger partial charge is 0.00238 e. The Balaban J connectivity index is 1.14. The normalized spacial score (nSPS) is 11.9. The van der Waals surface area contributed by atoms with Gasteiger partial charge in [0.25, 0.3) is 0 Å². The zero-order valence-corrected chi connectivity index (χ0v) is 20.2. The van der Waals surface area contributed by atoms with Gasteiger partial charge in [-0.1, -0.05) is 110 Å². The lowest BCUT2D eigenvalue weighted by molar-refractivity contribution is 0.680. The van der Waals surface area contributed by atoms with Gasteiger partial charge in [0.1, 0.15) is 0 Å². The van der Waals surface area contributed by atoms with Crippen LogP contribution in [0.3, 0.4) is 0 Å². The summed E-state index contributed by atoms with van der Waals surface area (Å²) in [7, 11) is -0.343. The molecule has 0 aliphatic rings. The summed E-state index contributed by atoms with van der Waals surface area (Å²) < 4.78 is 0. The number of hydrogen-bond donors (Lipinski definition) is 0. The lowest BCUT2D eigenvalue weighted by atomic mass is 10.2. The van der Waals surface area contributed by atoms with Gasteiger partial charge < -0.3 is 0 Å². The molecule has 6 aromatic rings. The lowest BCUT2D eigenvalue weighted by Gasteiger charge is -2.05. The van der Waals surface area contributed by atoms with Crippen LogP contribution in [0.15, 0.2) is 97.1 Å². The predicted molar refractivity (Wildman–Crippen MR) is 147 cm³/mol. The van der Waals surface area contributed by atoms with Crippen LogP contribution in [0.1, 0.15) is 25.7 Å². The van der Waals surface area contributed by atoms with E-state index in [2.05, 4.69) is 97.1 Å². The molecule has 0 aliphatic heterocycles. The van der Waals surface area contributed by atoms with Crippen molar-refractivity contribution >= 4 is 57.1 Å². The topological polar surface area (TPSA) is 0 Å². The summed E-state index contributed by atoms with van der Waals surface area (Å²) in [6.07, 6.45) is 8.08. The Bertz CT molecular complexity index is 1310. The Morgan fingerprint density at radius 2 is 0.625 bits per heavy atom. The Labute approximate surface area is 192 Å². The average molecular weight is 451 g/mol. The molecular weight excluding hydrogens is 422 g/mol. The van der Waals surface area contributed by atoms with E-state index in [1.165, 1.54) is 59.6 Å². The molecule has 0 unspecified atom stereocenters. The van der Waals surface area contributed by atoms with Crippen LogP contribution in [0.25, 0.3) is 42.0 Å². The summed E-state index contributed by atoms with van der Waals surface area (Å²) >= 11 is 0. The lowest BCUT2D eigenvalue weighted by Crippen LogP contribution is -1.79. The van der Waals surface area contributed by atoms with Gasteiger partial charge in [0.2, 0.25) is 0 Å². The minimum atomic E-state index is -0.172. The molecule has 0 spiro atoms. The van der Waals surface area contributed by atoms with Gasteiger partial charge in [0.15, 0.2) is 0 Å². The summed E-state index contributed by atoms with van der Waals surface area (Å²) in [5, 5.41) is 12.3. The number of benzene rings is 4. The van der Waals surface area contributed by atoms with Crippen LogP contribution in [-0.2, 0) is 12.3 Å². The van der Waals surface area contributed by atoms with Gasteiger partial charge in [-0.3, -0.25) is 0 Å². The molecule has 2 heteroatoms. The second kappa shape index (κ2) is 8.78. The first kappa shape index (κ1) is 20.1. The van der Waals surface area contributed by atoms with Crippen LogP contribution < -0.4 is 0 Å². The van der Waals surface area contributed by atoms with E-state index < -0.39 is 0 Å². The fourth-order valence-corrected chi connectivity index (χ4v) is 11.0. The first-order chi connectivity index (χ1) is 15.9. The van der Waals surface area contributed by atoms with Gasteiger partial charge >= 0.3 is 0 Å². The molecule has 158 valence electrons. The second-order valence-corrected chi connectivity index (χ2v) is 13.3. The van der Waals surface area contributed by atoms with Gasteiger partial charge in [0, 0.05) is 20.5 Å². The standard InChI is InChI=1S/C30H28P2/c1(11-21-31-27-17-7-3-13-23(27)24-14-4-8-18-28(24)31)2-12-22-32-29-19-9-5-15-25(29)26-16-6-10-20-30(26)32/h3-10,13-20H,1-2,11-12,21-22H2. The zero-order chi connectivity index (χ0) is 21.3. The van der Waals surface area contributed by atoms with Crippen LogP contribution in [-0.4, -0.2) is 0 Å². The first-order valence-electron chi connectivity index (χ1n) is 11.8. The van der Waals surface area contributed by atoms with Crippen molar-refractivity contribution in [3.05, 3.63) is 97.1 Å². The number of aryl methyl sites for hydroxylation is 2. The van der Waals surface area contributed by atoms with E-state index in [0.717, 1.165) is 0 Å². The first-order valence-corrected chi connectivity index (χ1v) is 14.9. The highest BCUT2D eigenvalue weighted by Crippen LogP contribution is 2.51. The molecule has 0 atom stereocenters. The van der Waals surface area contributed by atoms with Crippen molar-refractivity contribution in [1.29, 1.82) is 0 Å². The third-order valence-corrected chi connectivity index (χ3v) is 12.3. The summed E-state index contributed by atoms with van der Waals surface area (Å²) in [5.41, 5.74) is 0. The molecule has 2 heterocycles. The van der Waals surface area contributed by atoms with Crippen molar-refractivity contribution in [3.8, 4) is 0 Å². The quantitative estimate of drug-likeness (QED) is 0.212. The molecule has 0 saturated heterocycles. The highest BCUT2D eigenvalue weighted by molar-refractivity contribution is 7.61. The van der Waals surface area contributed by atoms with E-state index in [1.807, 2.05) is 0 Å². The van der Waals surface area contributed by atoms with Gasteiger partial charge in [0.05, 0.1) is 0 Å². The molecule has 32 heavy (non-hydrogen) atoms. The fraction of sp³-hybridized carbons (Fsp3) is 0.200. The third-order valence-electron chi connectivity index (χ3n) is 6.87. The van der Waals surface area contributed by atoms with Gasteiger partial charge in [-0.25, -0.2) is 0 Å². The minimum Gasteiger partial charge on any atom is -0.109 e. The molecule has 2 aromatic heterocycles. The van der Waals surface area contributed by atoms with Crippen molar-refractivity contribution in [2.75, 3.05) is 0 Å². The Morgan fingerprint density at radius 3 is 0.938 bits per heavy atom. The number of hydrogen-bond acceptors (Lipinski definition) is 0. The largest absolute Gasteiger partial charge is 0.109 e. The van der Waals surface area contributed by atoms with E-state index in [-0.39, 0.29) is 15.1 Å². The molecule has 0 aliphatic carbocycles. The van der Waals surface area contributed by atoms with Crippen LogP contribution in [0, 0.1) is 0 Å². The average Bonchev–Trinajstić information content (AvgIpc) is 3.35. The van der Waals surface area contributed by atoms with Gasteiger partial charge in [-0.15, -0.1) is 15.1 Å². The van der Waals surface area contributed by atoms with Crippen LogP contribution >= 0.6 is 15.1 Å². The Kier molecular flexibility index (Phi) is 5.52. The number of rotatable bonds is 7. The number of unbranched alkanes of at least 4 members (excludes halogenated alkanes) is 3. The third kappa shape index (κ3) is 3.47. The molecule has 0 amide bonds. The second-order valence-electron chi connectivity index (χ2n) is 8.79. The molecule has 0 bridgehead atoms. The Hall–Kier alpha value is -2.52. The van der Waals surface area contributed by atoms with Crippen LogP contribution in [0.2, 0.25) is 0 Å². The molecule has 6 rings (SSSR count). The monoisotopic (exact) mass is 450 g/mol. The van der Waals surface area contributed by atoms with E-state index in [0.29, 0.717) is 0 Å². The van der Waals surface area contributed by atoms with Gasteiger partial charge in [-0.05, 0) is 46.7 Å². The summed E-state index contributed by atoms with van der Waals surface area (Å²) in [4.78, 5) is 0. The predicted octanol–water partition coefficient (Wildman–Crippen LogP) is 10.5. The molecule has 0 N–H and O–H groups in total. The molecular formula is C30H28P2. The summed E-state index contributed by atoms with van der Waals surface area (Å²) in [5.74, 6) is 0. The molecule has 4 aromatic carbocycles. The molecule has 0 saturated carbocycles. The highest BCUT2D eigenvalue weighted by atomic mass is 31.1. The van der Waals surface area contributed by atoms with E-state index in [1.54, 1.807) is 20.5 Å². The maximum absolute atomic E-state index is 2.37. The van der Waals surface area contributed by atoms with Crippen molar-refractivity contribution in [2.45, 2.75) is 38.0 Å². The van der Waals surface area contributed by atoms with Crippen molar-refractivity contribution in [1.82, 2.24) is 0 Å². The molecule has 0 nitrogen and oxygen atoms in total. The van der Waals surface area contributed by atoms with E-state index in [9.17, 15) is 0 Å². The fourth-order valence-electron chi connectivity index (χ4n) is 5.38. The molecule has 0 fully saturated rings. The van der Waals surface area contributed by atoms with E-state index >= 15 is 0 Å². The SMILES string of the molecule is c1ccc2c(c1)c1ccccc1p2CCCCCCp1c2ccccc2c2ccccc21. The Morgan fingerprint density at radius 1 is 0.344 bits per heavy atom. The summed E-state index contributed by atoms with van der Waals surface area (Å²) in [6.45, 7) is 0. The number of fused-ring (bicyclic) bond motifs is 6. The van der Waals surface area contributed by atoms with Crippen LogP contribution in [0.4, 0.5) is 0 Å². The minimum absolute atomic E-state index is 0.172. The van der Waals surface area contributed by atoms with Crippen molar-refractivity contribution < 1.29 is 0 Å². The zero-order valence-electron chi connectivity index (χ0n) is 18.4. The maximum Gasteiger partial charge on any atom is 0.00238 e. The van der Waals surface area contributed by atoms with Gasteiger partial charge in [-0.2, -0.15) is 0 Å². The van der Waals surface area contributed by atoms with Crippen molar-refractivity contribution in [2.24, 2.45) is 0 Å². The maximum atomic E-state index is 2.37. The van der Waals surface area contributed by atoms with Crippen LogP contribution in [0.5, 0.6) is 0 Å². The summed E-state index contributed by atoms with van der Waals surface area (Å²) in [6, 6.07) is 36.4. The molecule has 0 radical (unpaired) electrons. The van der Waals surface area contributed by atoms with Crippen molar-refractivity contribution in [3.63, 3.8) is 0 Å².